The number of methoxy groups -OCH3 is 2. The molecule has 0 saturated carbocycles. The predicted molar refractivity (Wildman–Crippen MR) is 119 cm³/mol. The number of carbonyl (C=O) groups excluding carboxylic acids is 1. The highest BCUT2D eigenvalue weighted by Crippen LogP contribution is 2.38. The molecule has 0 radical (unpaired) electrons. The zero-order valence-corrected chi connectivity index (χ0v) is 17.6. The van der Waals surface area contributed by atoms with Crippen LogP contribution in [0, 0.1) is 0 Å². The number of nitrogens with zero attached hydrogens (tertiary/aromatic N) is 2. The molecule has 7 heteroatoms. The third-order valence-corrected chi connectivity index (χ3v) is 5.48. The Bertz CT molecular complexity index is 1370. The highest BCUT2D eigenvalue weighted by molar-refractivity contribution is 5.97. The molecule has 0 bridgehead atoms. The van der Waals surface area contributed by atoms with Crippen LogP contribution < -0.4 is 19.8 Å². The summed E-state index contributed by atoms with van der Waals surface area (Å²) in [7, 11) is 3.14. The highest BCUT2D eigenvalue weighted by Gasteiger charge is 2.31. The van der Waals surface area contributed by atoms with Crippen molar-refractivity contribution in [2.45, 2.75) is 6.42 Å². The summed E-state index contributed by atoms with van der Waals surface area (Å²) in [6.07, 6.45) is 0.350. The predicted octanol–water partition coefficient (Wildman–Crippen LogP) is 4.04. The van der Waals surface area contributed by atoms with Crippen LogP contribution in [0.15, 0.2) is 77.6 Å². The second-order valence-electron chi connectivity index (χ2n) is 7.33. The van der Waals surface area contributed by atoms with Gasteiger partial charge >= 0.3 is 0 Å². The normalized spacial score (nSPS) is 11.8. The van der Waals surface area contributed by atoms with Gasteiger partial charge in [0.05, 0.1) is 25.5 Å². The Morgan fingerprint density at radius 1 is 0.906 bits per heavy atom. The second kappa shape index (κ2) is 7.77. The number of ether oxygens (including phenoxy) is 3. The van der Waals surface area contributed by atoms with Crippen molar-refractivity contribution in [3.63, 3.8) is 0 Å². The number of aromatic nitrogens is 2. The number of hydrogen-bond donors (Lipinski definition) is 0. The van der Waals surface area contributed by atoms with E-state index in [-0.39, 0.29) is 17.3 Å². The molecule has 1 aliphatic rings. The molecule has 0 unspecified atom stereocenters. The number of hydrogen-bond acceptors (Lipinski definition) is 5. The molecule has 0 spiro atoms. The Hall–Kier alpha value is -4.26. The quantitative estimate of drug-likeness (QED) is 0.432. The van der Waals surface area contributed by atoms with Gasteiger partial charge in [-0.3, -0.25) is 9.59 Å². The zero-order chi connectivity index (χ0) is 22.2. The molecule has 1 aromatic heterocycles. The summed E-state index contributed by atoms with van der Waals surface area (Å²) in [5, 5.41) is 0. The van der Waals surface area contributed by atoms with Crippen LogP contribution in [0.3, 0.4) is 0 Å². The molecule has 0 amide bonds. The zero-order valence-electron chi connectivity index (χ0n) is 17.6. The van der Waals surface area contributed by atoms with Crippen molar-refractivity contribution in [3.05, 3.63) is 99.8 Å². The molecule has 160 valence electrons. The van der Waals surface area contributed by atoms with Crippen LogP contribution >= 0.6 is 0 Å². The van der Waals surface area contributed by atoms with Gasteiger partial charge < -0.3 is 14.2 Å². The Morgan fingerprint density at radius 3 is 2.28 bits per heavy atom. The summed E-state index contributed by atoms with van der Waals surface area (Å²) in [5.74, 6) is 1.64. The lowest BCUT2D eigenvalue weighted by atomic mass is 10.0. The summed E-state index contributed by atoms with van der Waals surface area (Å²) in [5.41, 5.74) is 1.94. The van der Waals surface area contributed by atoms with E-state index >= 15 is 0 Å². The van der Waals surface area contributed by atoms with Crippen molar-refractivity contribution in [1.82, 2.24) is 9.36 Å². The molecule has 4 aromatic rings. The van der Waals surface area contributed by atoms with E-state index < -0.39 is 0 Å². The average molecular weight is 428 g/mol. The van der Waals surface area contributed by atoms with Crippen LogP contribution in [0.4, 0.5) is 0 Å². The van der Waals surface area contributed by atoms with Gasteiger partial charge in [0.15, 0.2) is 0 Å². The summed E-state index contributed by atoms with van der Waals surface area (Å²) in [6.45, 7) is 0. The van der Waals surface area contributed by atoms with Gasteiger partial charge in [0.25, 0.3) is 11.5 Å². The fourth-order valence-corrected chi connectivity index (χ4v) is 3.82. The average Bonchev–Trinajstić information content (AvgIpc) is 3.13. The number of para-hydroxylation sites is 1. The van der Waals surface area contributed by atoms with Gasteiger partial charge in [0.1, 0.15) is 17.2 Å². The van der Waals surface area contributed by atoms with Crippen molar-refractivity contribution < 1.29 is 19.0 Å². The van der Waals surface area contributed by atoms with Crippen molar-refractivity contribution in [3.8, 4) is 28.8 Å². The molecule has 0 atom stereocenters. The van der Waals surface area contributed by atoms with Crippen molar-refractivity contribution in [2.24, 2.45) is 0 Å². The fraction of sp³-hybridized carbons (Fsp3) is 0.120. The Balaban J connectivity index is 1.71. The van der Waals surface area contributed by atoms with E-state index in [1.165, 1.54) is 9.36 Å². The number of benzene rings is 3. The maximum atomic E-state index is 13.6. The Morgan fingerprint density at radius 2 is 1.59 bits per heavy atom. The van der Waals surface area contributed by atoms with E-state index in [9.17, 15) is 9.59 Å². The first-order chi connectivity index (χ1) is 15.6. The van der Waals surface area contributed by atoms with Crippen LogP contribution in [0.1, 0.15) is 21.5 Å². The van der Waals surface area contributed by atoms with Crippen molar-refractivity contribution in [1.29, 1.82) is 0 Å². The molecule has 0 saturated heterocycles. The molecule has 0 aliphatic carbocycles. The maximum Gasteiger partial charge on any atom is 0.280 e. The van der Waals surface area contributed by atoms with E-state index in [2.05, 4.69) is 0 Å². The minimum Gasteiger partial charge on any atom is -0.497 e. The largest absolute Gasteiger partial charge is 0.497 e. The standard InChI is InChI=1S/C25H20N2O5/c1-30-19-11-8-16(9-12-19)23(28)27-25-21(24(29)26(27)18-6-4-3-5-7-18)14-17-10-13-20(31-2)15-22(17)32-25/h3-13,15H,14H2,1-2H3. The van der Waals surface area contributed by atoms with E-state index in [0.29, 0.717) is 40.5 Å². The number of rotatable bonds is 4. The minimum absolute atomic E-state index is 0.209. The molecule has 7 nitrogen and oxygen atoms in total. The van der Waals surface area contributed by atoms with Gasteiger partial charge in [-0.1, -0.05) is 24.3 Å². The summed E-state index contributed by atoms with van der Waals surface area (Å²) < 4.78 is 19.3. The highest BCUT2D eigenvalue weighted by atomic mass is 16.5. The summed E-state index contributed by atoms with van der Waals surface area (Å²) in [4.78, 5) is 27.1. The Kier molecular flexibility index (Phi) is 4.78. The van der Waals surface area contributed by atoms with Crippen LogP contribution in [0.2, 0.25) is 0 Å². The van der Waals surface area contributed by atoms with Crippen LogP contribution in [0.25, 0.3) is 5.69 Å². The van der Waals surface area contributed by atoms with E-state index in [4.69, 9.17) is 14.2 Å². The smallest absolute Gasteiger partial charge is 0.280 e. The van der Waals surface area contributed by atoms with Crippen LogP contribution in [-0.4, -0.2) is 29.5 Å². The second-order valence-corrected chi connectivity index (χ2v) is 7.33. The molecular weight excluding hydrogens is 408 g/mol. The molecule has 5 rings (SSSR count). The van der Waals surface area contributed by atoms with E-state index in [0.717, 1.165) is 5.56 Å². The van der Waals surface area contributed by atoms with Gasteiger partial charge in [-0.05, 0) is 48.0 Å². The van der Waals surface area contributed by atoms with Gasteiger partial charge in [-0.25, -0.2) is 4.68 Å². The minimum atomic E-state index is -0.388. The van der Waals surface area contributed by atoms with Crippen LogP contribution in [0.5, 0.6) is 23.1 Å². The topological polar surface area (TPSA) is 71.7 Å². The monoisotopic (exact) mass is 428 g/mol. The van der Waals surface area contributed by atoms with Crippen molar-refractivity contribution >= 4 is 5.91 Å². The van der Waals surface area contributed by atoms with Gasteiger partial charge in [0, 0.05) is 18.1 Å². The molecule has 2 heterocycles. The molecule has 0 fully saturated rings. The fourth-order valence-electron chi connectivity index (χ4n) is 3.82. The first-order valence-electron chi connectivity index (χ1n) is 10.1. The summed E-state index contributed by atoms with van der Waals surface area (Å²) in [6, 6.07) is 21.2. The maximum absolute atomic E-state index is 13.6. The lowest BCUT2D eigenvalue weighted by molar-refractivity contribution is 0.0926. The molecule has 3 aromatic carbocycles. The Labute approximate surface area is 184 Å². The first kappa shape index (κ1) is 19.7. The number of carbonyl (C=O) groups is 1. The van der Waals surface area contributed by atoms with E-state index in [1.807, 2.05) is 30.3 Å². The lowest BCUT2D eigenvalue weighted by Crippen LogP contribution is -2.27. The first-order valence-corrected chi connectivity index (χ1v) is 10.1. The third kappa shape index (κ3) is 3.15. The lowest BCUT2D eigenvalue weighted by Gasteiger charge is -2.19. The summed E-state index contributed by atoms with van der Waals surface area (Å²) >= 11 is 0. The van der Waals surface area contributed by atoms with Gasteiger partial charge in [0.2, 0.25) is 5.88 Å². The van der Waals surface area contributed by atoms with E-state index in [1.54, 1.807) is 56.7 Å². The molecule has 32 heavy (non-hydrogen) atoms. The molecule has 1 aliphatic heterocycles. The van der Waals surface area contributed by atoms with Crippen LogP contribution in [-0.2, 0) is 6.42 Å². The molecule has 0 N–H and O–H groups in total. The van der Waals surface area contributed by atoms with Gasteiger partial charge in [-0.15, -0.1) is 0 Å². The number of fused-ring (bicyclic) bond motifs is 2. The third-order valence-electron chi connectivity index (χ3n) is 5.48. The van der Waals surface area contributed by atoms with Gasteiger partial charge in [-0.2, -0.15) is 4.68 Å². The SMILES string of the molecule is COc1ccc(C(=O)n2c3c(c(=O)n2-c2ccccc2)Cc2ccc(OC)cc2O3)cc1. The molecular formula is C25H20N2O5. The van der Waals surface area contributed by atoms with Crippen molar-refractivity contribution in [2.75, 3.05) is 14.2 Å².